The average Bonchev–Trinajstić information content (AvgIpc) is 3.72. The summed E-state index contributed by atoms with van der Waals surface area (Å²) in [6.07, 6.45) is 97.9. The third kappa shape index (κ3) is 76.4. The molecule has 0 aromatic rings. The Bertz CT molecular complexity index is 1730. The minimum Gasteiger partial charge on any atom is -0.545 e. The standard InChI is InChI=1S/C85H157NO8/c1-6-8-10-12-14-16-18-20-22-24-26-28-30-32-34-36-37-38-39-40-41-42-43-44-45-46-48-49-51-53-55-57-59-61-63-65-67-69-71-73-75-82(87)92-79-81(80-93-85(84(89)90)91-78-77-86(3,4)5)94-83(88)76-74-72-70-68-66-64-62-60-58-56-54-52-50-47-35-33-31-29-27-25-23-21-19-17-15-13-11-9-7-2/h9,11,15,17,21,23,27,29,33,35,81,85H,6-8,10,12-14,16,18-20,22,24-26,28,30-32,34,36-80H2,1-5H3/b11-9-,17-15-,23-21-,29-27-,35-33-. The maximum Gasteiger partial charge on any atom is 0.306 e. The van der Waals surface area contributed by atoms with Gasteiger partial charge in [-0.1, -0.05) is 396 Å². The van der Waals surface area contributed by atoms with Crippen LogP contribution >= 0.6 is 0 Å². The van der Waals surface area contributed by atoms with Gasteiger partial charge in [-0.3, -0.25) is 9.59 Å². The largest absolute Gasteiger partial charge is 0.545 e. The van der Waals surface area contributed by atoms with E-state index in [0.717, 1.165) is 70.6 Å². The molecule has 0 aromatic heterocycles. The fraction of sp³-hybridized carbons (Fsp3) is 0.847. The zero-order valence-corrected chi connectivity index (χ0v) is 63.1. The van der Waals surface area contributed by atoms with Gasteiger partial charge in [0.25, 0.3) is 0 Å². The Hall–Kier alpha value is -3.01. The number of nitrogens with zero attached hydrogens (tertiary/aromatic N) is 1. The molecule has 0 saturated heterocycles. The third-order valence-corrected chi connectivity index (χ3v) is 18.5. The third-order valence-electron chi connectivity index (χ3n) is 18.5. The molecular formula is C85H157NO8. The monoisotopic (exact) mass is 1320 g/mol. The smallest absolute Gasteiger partial charge is 0.306 e. The van der Waals surface area contributed by atoms with E-state index < -0.39 is 24.3 Å². The van der Waals surface area contributed by atoms with Crippen molar-refractivity contribution in [2.45, 2.75) is 418 Å². The number of quaternary nitrogens is 1. The quantitative estimate of drug-likeness (QED) is 0.0195. The molecule has 94 heavy (non-hydrogen) atoms. The predicted molar refractivity (Wildman–Crippen MR) is 403 cm³/mol. The molecule has 0 fully saturated rings. The lowest BCUT2D eigenvalue weighted by Gasteiger charge is -2.26. The van der Waals surface area contributed by atoms with Gasteiger partial charge in [-0.05, 0) is 57.8 Å². The highest BCUT2D eigenvalue weighted by atomic mass is 16.7. The van der Waals surface area contributed by atoms with Gasteiger partial charge in [0.15, 0.2) is 12.4 Å². The number of unbranched alkanes of at least 4 members (excludes halogenated alkanes) is 52. The predicted octanol–water partition coefficient (Wildman–Crippen LogP) is 24.9. The van der Waals surface area contributed by atoms with Gasteiger partial charge in [0.1, 0.15) is 13.2 Å². The average molecular weight is 1320 g/mol. The second kappa shape index (κ2) is 75.8. The van der Waals surface area contributed by atoms with E-state index in [1.54, 1.807) is 0 Å². The van der Waals surface area contributed by atoms with Crippen LogP contribution in [-0.2, 0) is 33.3 Å². The Kier molecular flexibility index (Phi) is 73.3. The maximum absolute atomic E-state index is 13.0. The number of hydrogen-bond acceptors (Lipinski definition) is 8. The second-order valence-electron chi connectivity index (χ2n) is 29.0. The molecule has 0 radical (unpaired) electrons. The summed E-state index contributed by atoms with van der Waals surface area (Å²) in [7, 11) is 5.95. The van der Waals surface area contributed by atoms with Gasteiger partial charge < -0.3 is 33.3 Å². The van der Waals surface area contributed by atoms with Crippen molar-refractivity contribution < 1.29 is 42.9 Å². The van der Waals surface area contributed by atoms with E-state index in [1.807, 2.05) is 21.1 Å². The fourth-order valence-corrected chi connectivity index (χ4v) is 12.3. The summed E-state index contributed by atoms with van der Waals surface area (Å²) in [6.45, 7) is 4.70. The highest BCUT2D eigenvalue weighted by molar-refractivity contribution is 5.70. The Morgan fingerprint density at radius 1 is 0.330 bits per heavy atom. The van der Waals surface area contributed by atoms with Gasteiger partial charge in [0, 0.05) is 12.8 Å². The van der Waals surface area contributed by atoms with E-state index in [1.165, 1.54) is 302 Å². The number of esters is 2. The SMILES string of the molecule is CC/C=C\C/C=C\C/C=C\C/C=C\C/C=C\CCCCCCCCCCCCCCCC(=O)OC(COC(=O)CCCCCCCCCCCCCCCCCCCCCCCCCCCCCCCCCCCCCCCCCC)COC(OCC[N+](C)(C)C)C(=O)[O-]. The summed E-state index contributed by atoms with van der Waals surface area (Å²) < 4.78 is 22.9. The van der Waals surface area contributed by atoms with Gasteiger partial charge in [-0.2, -0.15) is 0 Å². The maximum atomic E-state index is 13.0. The van der Waals surface area contributed by atoms with Crippen LogP contribution in [0.15, 0.2) is 60.8 Å². The minimum absolute atomic E-state index is 0.148. The number of carboxylic acid groups (broad SMARTS) is 1. The lowest BCUT2D eigenvalue weighted by Crippen LogP contribution is -2.44. The van der Waals surface area contributed by atoms with Crippen LogP contribution in [0.1, 0.15) is 406 Å². The number of ether oxygens (including phenoxy) is 4. The number of carboxylic acids is 1. The highest BCUT2D eigenvalue weighted by Gasteiger charge is 2.22. The minimum atomic E-state index is -1.62. The van der Waals surface area contributed by atoms with Crippen LogP contribution in [0.4, 0.5) is 0 Å². The molecule has 0 amide bonds. The summed E-state index contributed by atoms with van der Waals surface area (Å²) in [5, 5.41) is 11.9. The summed E-state index contributed by atoms with van der Waals surface area (Å²) >= 11 is 0. The Balaban J connectivity index is 3.94. The first kappa shape index (κ1) is 91.0. The molecule has 0 saturated carbocycles. The first-order valence-corrected chi connectivity index (χ1v) is 40.9. The first-order chi connectivity index (χ1) is 46.1. The van der Waals surface area contributed by atoms with Crippen LogP contribution in [0.3, 0.4) is 0 Å². The topological polar surface area (TPSA) is 111 Å². The number of rotatable bonds is 77. The van der Waals surface area contributed by atoms with Crippen molar-refractivity contribution >= 4 is 17.9 Å². The zero-order valence-electron chi connectivity index (χ0n) is 63.1. The van der Waals surface area contributed by atoms with Crippen molar-refractivity contribution in [2.75, 3.05) is 47.5 Å². The lowest BCUT2D eigenvalue weighted by atomic mass is 10.0. The number of allylic oxidation sites excluding steroid dienone is 10. The van der Waals surface area contributed by atoms with E-state index in [-0.39, 0.29) is 32.2 Å². The van der Waals surface area contributed by atoms with E-state index in [2.05, 4.69) is 74.6 Å². The van der Waals surface area contributed by atoms with Crippen molar-refractivity contribution in [3.05, 3.63) is 60.8 Å². The molecule has 0 rings (SSSR count). The summed E-state index contributed by atoms with van der Waals surface area (Å²) in [6, 6.07) is 0. The van der Waals surface area contributed by atoms with Crippen molar-refractivity contribution in [2.24, 2.45) is 0 Å². The van der Waals surface area contributed by atoms with E-state index in [9.17, 15) is 19.5 Å². The second-order valence-corrected chi connectivity index (χ2v) is 29.0. The molecule has 0 bridgehead atoms. The Morgan fingerprint density at radius 3 is 0.904 bits per heavy atom. The number of carbonyl (C=O) groups is 3. The highest BCUT2D eigenvalue weighted by Crippen LogP contribution is 2.20. The molecule has 550 valence electrons. The van der Waals surface area contributed by atoms with Crippen molar-refractivity contribution in [1.29, 1.82) is 0 Å². The molecule has 0 N–H and O–H groups in total. The molecule has 9 nitrogen and oxygen atoms in total. The van der Waals surface area contributed by atoms with Gasteiger partial charge in [-0.15, -0.1) is 0 Å². The summed E-state index contributed by atoms with van der Waals surface area (Å²) in [5.41, 5.74) is 0. The van der Waals surface area contributed by atoms with Crippen LogP contribution < -0.4 is 5.11 Å². The van der Waals surface area contributed by atoms with Gasteiger partial charge in [0.05, 0.1) is 40.3 Å². The van der Waals surface area contributed by atoms with Gasteiger partial charge >= 0.3 is 11.9 Å². The van der Waals surface area contributed by atoms with Crippen LogP contribution in [-0.4, -0.2) is 82.3 Å². The fourth-order valence-electron chi connectivity index (χ4n) is 12.3. The molecule has 9 heteroatoms. The molecule has 0 aromatic carbocycles. The number of aliphatic carboxylic acids is 1. The normalized spacial score (nSPS) is 12.9. The van der Waals surface area contributed by atoms with Crippen LogP contribution in [0, 0.1) is 0 Å². The number of likely N-dealkylation sites (N-methyl/N-ethyl adjacent to an activating group) is 1. The summed E-state index contributed by atoms with van der Waals surface area (Å²) in [5.74, 6) is -2.26. The Labute approximate surface area is 584 Å². The molecule has 0 spiro atoms. The van der Waals surface area contributed by atoms with Crippen LogP contribution in [0.5, 0.6) is 0 Å². The van der Waals surface area contributed by atoms with Crippen LogP contribution in [0.2, 0.25) is 0 Å². The van der Waals surface area contributed by atoms with Crippen LogP contribution in [0.25, 0.3) is 0 Å². The molecule has 2 unspecified atom stereocenters. The molecular weight excluding hydrogens is 1160 g/mol. The van der Waals surface area contributed by atoms with E-state index in [0.29, 0.717) is 23.9 Å². The van der Waals surface area contributed by atoms with E-state index >= 15 is 0 Å². The summed E-state index contributed by atoms with van der Waals surface area (Å²) in [4.78, 5) is 37.6. The number of hydrogen-bond donors (Lipinski definition) is 0. The van der Waals surface area contributed by atoms with E-state index in [4.69, 9.17) is 18.9 Å². The van der Waals surface area contributed by atoms with Crippen molar-refractivity contribution in [3.63, 3.8) is 0 Å². The molecule has 0 aliphatic heterocycles. The molecule has 2 atom stereocenters. The lowest BCUT2D eigenvalue weighted by molar-refractivity contribution is -0.870. The van der Waals surface area contributed by atoms with Crippen molar-refractivity contribution in [3.8, 4) is 0 Å². The Morgan fingerprint density at radius 2 is 0.606 bits per heavy atom. The van der Waals surface area contributed by atoms with Gasteiger partial charge in [0.2, 0.25) is 0 Å². The number of carbonyl (C=O) groups excluding carboxylic acids is 3. The van der Waals surface area contributed by atoms with Crippen molar-refractivity contribution in [1.82, 2.24) is 0 Å². The molecule has 0 aliphatic carbocycles. The molecule has 0 aliphatic rings. The molecule has 0 heterocycles. The van der Waals surface area contributed by atoms with Gasteiger partial charge in [-0.25, -0.2) is 0 Å². The zero-order chi connectivity index (χ0) is 68.2. The first-order valence-electron chi connectivity index (χ1n) is 40.9.